The van der Waals surface area contributed by atoms with Gasteiger partial charge in [-0.1, -0.05) is 30.3 Å². The minimum Gasteiger partial charge on any atom is -0.367 e. The molecule has 2 bridgehead atoms. The number of rotatable bonds is 3. The summed E-state index contributed by atoms with van der Waals surface area (Å²) < 4.78 is 5.56. The second-order valence-electron chi connectivity index (χ2n) is 7.14. The molecule has 1 aromatic carbocycles. The van der Waals surface area contributed by atoms with Crippen molar-refractivity contribution in [2.45, 2.75) is 50.8 Å². The third-order valence-corrected chi connectivity index (χ3v) is 5.52. The molecule has 1 aromatic heterocycles. The number of benzene rings is 1. The number of carbonyl (C=O) groups is 1. The summed E-state index contributed by atoms with van der Waals surface area (Å²) >= 11 is 0. The fourth-order valence-electron chi connectivity index (χ4n) is 4.37. The molecule has 0 saturated carbocycles. The molecule has 26 heavy (non-hydrogen) atoms. The number of nitrogens with one attached hydrogen (secondary N) is 1. The van der Waals surface area contributed by atoms with E-state index in [1.807, 2.05) is 35.2 Å². The zero-order valence-electron chi connectivity index (χ0n) is 15.1. The highest BCUT2D eigenvalue weighted by Gasteiger charge is 2.43. The third kappa shape index (κ3) is 2.84. The van der Waals surface area contributed by atoms with Gasteiger partial charge < -0.3 is 14.6 Å². The van der Waals surface area contributed by atoms with Crippen LogP contribution < -0.4 is 5.56 Å². The molecule has 0 aliphatic carbocycles. The summed E-state index contributed by atoms with van der Waals surface area (Å²) in [5.41, 5.74) is 2.35. The van der Waals surface area contributed by atoms with Crippen molar-refractivity contribution in [1.29, 1.82) is 0 Å². The summed E-state index contributed by atoms with van der Waals surface area (Å²) in [5.74, 6) is 0.607. The lowest BCUT2D eigenvalue weighted by Crippen LogP contribution is -2.44. The zero-order valence-corrected chi connectivity index (χ0v) is 15.1. The third-order valence-electron chi connectivity index (χ3n) is 5.52. The number of ether oxygens (including phenoxy) is 1. The summed E-state index contributed by atoms with van der Waals surface area (Å²) in [6.07, 6.45) is 2.43. The molecule has 3 heterocycles. The Balaban J connectivity index is 1.67. The number of aromatic amines is 1. The molecule has 6 heteroatoms. The zero-order chi connectivity index (χ0) is 18.3. The normalized spacial score (nSPS) is 22.6. The number of hydrogen-bond acceptors (Lipinski definition) is 4. The number of carbonyl (C=O) groups excluding carboxylic acids is 1. The highest BCUT2D eigenvalue weighted by atomic mass is 16.5. The van der Waals surface area contributed by atoms with Gasteiger partial charge in [0.25, 0.3) is 11.5 Å². The van der Waals surface area contributed by atoms with Crippen LogP contribution in [0.15, 0.2) is 35.1 Å². The van der Waals surface area contributed by atoms with Gasteiger partial charge in [0.2, 0.25) is 0 Å². The molecule has 0 radical (unpaired) electrons. The van der Waals surface area contributed by atoms with Crippen LogP contribution in [0, 0.1) is 6.92 Å². The summed E-state index contributed by atoms with van der Waals surface area (Å²) in [6.45, 7) is 1.80. The van der Waals surface area contributed by atoms with Gasteiger partial charge in [-0.2, -0.15) is 0 Å². The van der Waals surface area contributed by atoms with Crippen LogP contribution in [-0.2, 0) is 22.4 Å². The van der Waals surface area contributed by atoms with Crippen LogP contribution in [0.1, 0.15) is 41.6 Å². The van der Waals surface area contributed by atoms with Crippen molar-refractivity contribution in [2.75, 3.05) is 7.11 Å². The van der Waals surface area contributed by atoms with Crippen LogP contribution >= 0.6 is 0 Å². The second kappa shape index (κ2) is 6.68. The average molecular weight is 353 g/mol. The molecule has 0 unspecified atom stereocenters. The number of amides is 1. The van der Waals surface area contributed by atoms with Gasteiger partial charge >= 0.3 is 0 Å². The molecule has 6 nitrogen and oxygen atoms in total. The Kier molecular flexibility index (Phi) is 4.36. The van der Waals surface area contributed by atoms with Crippen LogP contribution in [0.25, 0.3) is 0 Å². The first kappa shape index (κ1) is 17.0. The van der Waals surface area contributed by atoms with E-state index in [4.69, 9.17) is 4.74 Å². The smallest absolute Gasteiger partial charge is 0.256 e. The predicted octanol–water partition coefficient (Wildman–Crippen LogP) is 1.92. The summed E-state index contributed by atoms with van der Waals surface area (Å²) in [4.78, 5) is 35.0. The lowest BCUT2D eigenvalue weighted by molar-refractivity contribution is -0.145. The number of hydrogen-bond donors (Lipinski definition) is 1. The molecule has 136 valence electrons. The lowest BCUT2D eigenvalue weighted by Gasteiger charge is -2.31. The van der Waals surface area contributed by atoms with Crippen LogP contribution in [0.3, 0.4) is 0 Å². The van der Waals surface area contributed by atoms with E-state index in [1.54, 1.807) is 14.0 Å². The fourth-order valence-corrected chi connectivity index (χ4v) is 4.37. The molecule has 3 atom stereocenters. The Bertz CT molecular complexity index is 878. The highest BCUT2D eigenvalue weighted by Crippen LogP contribution is 2.35. The quantitative estimate of drug-likeness (QED) is 0.915. The molecule has 1 N–H and O–H groups in total. The monoisotopic (exact) mass is 353 g/mol. The van der Waals surface area contributed by atoms with Crippen molar-refractivity contribution in [1.82, 2.24) is 14.9 Å². The van der Waals surface area contributed by atoms with Crippen LogP contribution in [-0.4, -0.2) is 40.0 Å². The van der Waals surface area contributed by atoms with E-state index < -0.39 is 6.10 Å². The van der Waals surface area contributed by atoms with E-state index in [1.165, 1.54) is 0 Å². The van der Waals surface area contributed by atoms with Crippen molar-refractivity contribution >= 4 is 5.91 Å². The minimum absolute atomic E-state index is 0.0212. The number of aromatic nitrogens is 2. The maximum Gasteiger partial charge on any atom is 0.256 e. The van der Waals surface area contributed by atoms with Crippen LogP contribution in [0.5, 0.6) is 0 Å². The van der Waals surface area contributed by atoms with Crippen molar-refractivity contribution in [3.8, 4) is 0 Å². The minimum atomic E-state index is -0.617. The van der Waals surface area contributed by atoms with E-state index in [9.17, 15) is 9.59 Å². The number of nitrogens with zero attached hydrogens (tertiary/aromatic N) is 2. The Morgan fingerprint density at radius 3 is 2.62 bits per heavy atom. The van der Waals surface area contributed by atoms with Gasteiger partial charge in [-0.15, -0.1) is 0 Å². The van der Waals surface area contributed by atoms with Gasteiger partial charge in [-0.05, 0) is 25.3 Å². The largest absolute Gasteiger partial charge is 0.367 e. The average Bonchev–Trinajstić information content (AvgIpc) is 2.92. The summed E-state index contributed by atoms with van der Waals surface area (Å²) in [5, 5.41) is 0. The van der Waals surface area contributed by atoms with Gasteiger partial charge in [0.05, 0.1) is 5.69 Å². The van der Waals surface area contributed by atoms with E-state index >= 15 is 0 Å². The van der Waals surface area contributed by atoms with E-state index in [-0.39, 0.29) is 23.6 Å². The molecule has 2 aliphatic heterocycles. The Morgan fingerprint density at radius 1 is 1.23 bits per heavy atom. The SMILES string of the molecule is CO[C@@H](C(=O)N1[C@@H]2CC[C@H]1Cc1nc(C)[nH]c(=O)c1C2)c1ccccc1. The first-order valence-corrected chi connectivity index (χ1v) is 9.07. The molecule has 0 spiro atoms. The number of aryl methyl sites for hydroxylation is 1. The van der Waals surface area contributed by atoms with Crippen molar-refractivity contribution in [2.24, 2.45) is 0 Å². The first-order valence-electron chi connectivity index (χ1n) is 9.07. The summed E-state index contributed by atoms with van der Waals surface area (Å²) in [7, 11) is 1.57. The molecular weight excluding hydrogens is 330 g/mol. The molecule has 1 saturated heterocycles. The lowest BCUT2D eigenvalue weighted by atomic mass is 9.98. The van der Waals surface area contributed by atoms with E-state index in [0.29, 0.717) is 18.7 Å². The molecule has 1 amide bonds. The van der Waals surface area contributed by atoms with Gasteiger partial charge in [0.1, 0.15) is 5.82 Å². The molecule has 2 aromatic rings. The topological polar surface area (TPSA) is 75.3 Å². The molecular formula is C20H23N3O3. The fraction of sp³-hybridized carbons (Fsp3) is 0.450. The van der Waals surface area contributed by atoms with E-state index in [0.717, 1.165) is 29.7 Å². The van der Waals surface area contributed by atoms with Crippen molar-refractivity contribution in [3.05, 3.63) is 63.3 Å². The van der Waals surface area contributed by atoms with Crippen molar-refractivity contribution < 1.29 is 9.53 Å². The maximum atomic E-state index is 13.3. The predicted molar refractivity (Wildman–Crippen MR) is 96.9 cm³/mol. The highest BCUT2D eigenvalue weighted by molar-refractivity contribution is 5.83. The van der Waals surface area contributed by atoms with Crippen LogP contribution in [0.2, 0.25) is 0 Å². The van der Waals surface area contributed by atoms with Gasteiger partial charge in [-0.3, -0.25) is 9.59 Å². The van der Waals surface area contributed by atoms with Gasteiger partial charge in [0.15, 0.2) is 6.10 Å². The van der Waals surface area contributed by atoms with Gasteiger partial charge in [0, 0.05) is 37.6 Å². The van der Waals surface area contributed by atoms with Crippen LogP contribution in [0.4, 0.5) is 0 Å². The first-order chi connectivity index (χ1) is 12.6. The van der Waals surface area contributed by atoms with E-state index in [2.05, 4.69) is 9.97 Å². The molecule has 1 fully saturated rings. The molecule has 2 aliphatic rings. The number of methoxy groups -OCH3 is 1. The maximum absolute atomic E-state index is 13.3. The number of fused-ring (bicyclic) bond motifs is 3. The Labute approximate surface area is 152 Å². The van der Waals surface area contributed by atoms with Crippen molar-refractivity contribution in [3.63, 3.8) is 0 Å². The Morgan fingerprint density at radius 2 is 1.92 bits per heavy atom. The standard InChI is InChI=1S/C20H23N3O3/c1-12-21-17-11-15-9-8-14(10-16(17)19(24)22-12)23(15)20(25)18(26-2)13-6-4-3-5-7-13/h3-7,14-15,18H,8-11H2,1-2H3,(H,21,22,24)/t14-,15+,18-/m1/s1. The van der Waals surface area contributed by atoms with Gasteiger partial charge in [-0.25, -0.2) is 4.98 Å². The number of H-pyrrole nitrogens is 1. The Hall–Kier alpha value is -2.47. The molecule has 4 rings (SSSR count). The second-order valence-corrected chi connectivity index (χ2v) is 7.14. The summed E-state index contributed by atoms with van der Waals surface area (Å²) in [6, 6.07) is 9.67.